The van der Waals surface area contributed by atoms with E-state index in [0.717, 1.165) is 17.1 Å². The standard InChI is InChI=1S/C20H18N4/c1-14-7-8-19(20-6-4-3-5-18(14)20)16-11-17(23-22-12-16)13-24-10-9-21-15(24)2/h3-12H,13H2,1-2H3. The molecule has 2 aromatic carbocycles. The highest BCUT2D eigenvalue weighted by Gasteiger charge is 2.08. The van der Waals surface area contributed by atoms with Crippen LogP contribution in [0, 0.1) is 13.8 Å². The van der Waals surface area contributed by atoms with Crippen molar-refractivity contribution in [2.45, 2.75) is 20.4 Å². The van der Waals surface area contributed by atoms with Gasteiger partial charge in [0.2, 0.25) is 0 Å². The van der Waals surface area contributed by atoms with Crippen molar-refractivity contribution in [3.05, 3.63) is 78.1 Å². The molecule has 24 heavy (non-hydrogen) atoms. The predicted molar refractivity (Wildman–Crippen MR) is 95.8 cm³/mol. The summed E-state index contributed by atoms with van der Waals surface area (Å²) in [6.07, 6.45) is 5.60. The molecule has 0 fully saturated rings. The number of hydrogen-bond donors (Lipinski definition) is 0. The van der Waals surface area contributed by atoms with E-state index in [4.69, 9.17) is 0 Å². The molecule has 0 unspecified atom stereocenters. The smallest absolute Gasteiger partial charge is 0.105 e. The van der Waals surface area contributed by atoms with Crippen LogP contribution in [0.25, 0.3) is 21.9 Å². The van der Waals surface area contributed by atoms with Crippen molar-refractivity contribution in [1.82, 2.24) is 19.7 Å². The summed E-state index contributed by atoms with van der Waals surface area (Å²) in [4.78, 5) is 4.26. The molecule has 4 nitrogen and oxygen atoms in total. The molecule has 0 bridgehead atoms. The Balaban J connectivity index is 1.79. The van der Waals surface area contributed by atoms with Crippen molar-refractivity contribution < 1.29 is 0 Å². The van der Waals surface area contributed by atoms with Crippen molar-refractivity contribution >= 4 is 10.8 Å². The average molecular weight is 314 g/mol. The maximum Gasteiger partial charge on any atom is 0.105 e. The van der Waals surface area contributed by atoms with E-state index in [2.05, 4.69) is 69.1 Å². The van der Waals surface area contributed by atoms with Crippen molar-refractivity contribution in [2.75, 3.05) is 0 Å². The molecule has 0 amide bonds. The number of benzene rings is 2. The minimum absolute atomic E-state index is 0.677. The summed E-state index contributed by atoms with van der Waals surface area (Å²) < 4.78 is 2.07. The highest BCUT2D eigenvalue weighted by Crippen LogP contribution is 2.30. The summed E-state index contributed by atoms with van der Waals surface area (Å²) in [5.41, 5.74) is 4.49. The first-order chi connectivity index (χ1) is 11.7. The number of aryl methyl sites for hydroxylation is 2. The third kappa shape index (κ3) is 2.56. The zero-order valence-corrected chi connectivity index (χ0v) is 13.8. The Kier molecular flexibility index (Phi) is 3.58. The van der Waals surface area contributed by atoms with Gasteiger partial charge in [-0.1, -0.05) is 36.4 Å². The van der Waals surface area contributed by atoms with Crippen LogP contribution < -0.4 is 0 Å². The summed E-state index contributed by atoms with van der Waals surface area (Å²) in [6, 6.07) is 14.9. The minimum atomic E-state index is 0.677. The monoisotopic (exact) mass is 314 g/mol. The third-order valence-electron chi connectivity index (χ3n) is 4.41. The molecule has 2 aromatic heterocycles. The molecule has 2 heterocycles. The van der Waals surface area contributed by atoms with E-state index in [-0.39, 0.29) is 0 Å². The van der Waals surface area contributed by atoms with Crippen molar-refractivity contribution in [3.63, 3.8) is 0 Å². The molecular formula is C20H18N4. The number of nitrogens with zero attached hydrogens (tertiary/aromatic N) is 4. The van der Waals surface area contributed by atoms with Gasteiger partial charge in [-0.2, -0.15) is 10.2 Å². The Labute approximate surface area is 140 Å². The van der Waals surface area contributed by atoms with Gasteiger partial charge in [-0.25, -0.2) is 4.98 Å². The Morgan fingerprint density at radius 3 is 2.62 bits per heavy atom. The average Bonchev–Trinajstić information content (AvgIpc) is 3.01. The molecule has 4 heteroatoms. The van der Waals surface area contributed by atoms with E-state index >= 15 is 0 Å². The van der Waals surface area contributed by atoms with Crippen molar-refractivity contribution in [2.24, 2.45) is 0 Å². The zero-order valence-electron chi connectivity index (χ0n) is 13.8. The van der Waals surface area contributed by atoms with Crippen molar-refractivity contribution in [3.8, 4) is 11.1 Å². The minimum Gasteiger partial charge on any atom is -0.329 e. The molecular weight excluding hydrogens is 296 g/mol. The van der Waals surface area contributed by atoms with Gasteiger partial charge in [-0.3, -0.25) is 0 Å². The van der Waals surface area contributed by atoms with Crippen LogP contribution in [0.1, 0.15) is 17.1 Å². The molecule has 0 aliphatic carbocycles. The fraction of sp³-hybridized carbons (Fsp3) is 0.150. The topological polar surface area (TPSA) is 43.6 Å². The number of fused-ring (bicyclic) bond motifs is 1. The second kappa shape index (κ2) is 5.89. The van der Waals surface area contributed by atoms with E-state index < -0.39 is 0 Å². The summed E-state index contributed by atoms with van der Waals surface area (Å²) >= 11 is 0. The molecule has 0 saturated heterocycles. The lowest BCUT2D eigenvalue weighted by Gasteiger charge is -2.10. The normalized spacial score (nSPS) is 11.1. The van der Waals surface area contributed by atoms with Crippen LogP contribution in [-0.4, -0.2) is 19.7 Å². The summed E-state index contributed by atoms with van der Waals surface area (Å²) in [5, 5.41) is 11.0. The van der Waals surface area contributed by atoms with Gasteiger partial charge in [0, 0.05) is 18.0 Å². The molecule has 0 saturated carbocycles. The highest BCUT2D eigenvalue weighted by atomic mass is 15.1. The maximum atomic E-state index is 4.28. The van der Waals surface area contributed by atoms with Gasteiger partial charge in [-0.05, 0) is 41.8 Å². The van der Waals surface area contributed by atoms with E-state index in [1.54, 1.807) is 6.20 Å². The van der Waals surface area contributed by atoms with Gasteiger partial charge < -0.3 is 4.57 Å². The maximum absolute atomic E-state index is 4.28. The Hall–Kier alpha value is -3.01. The molecule has 0 N–H and O–H groups in total. The second-order valence-electron chi connectivity index (χ2n) is 6.01. The summed E-state index contributed by atoms with van der Waals surface area (Å²) in [6.45, 7) is 4.81. The summed E-state index contributed by atoms with van der Waals surface area (Å²) in [5.74, 6) is 0.975. The fourth-order valence-corrected chi connectivity index (χ4v) is 3.08. The van der Waals surface area contributed by atoms with E-state index in [1.807, 2.05) is 19.3 Å². The van der Waals surface area contributed by atoms with Crippen LogP contribution in [0.4, 0.5) is 0 Å². The van der Waals surface area contributed by atoms with E-state index in [0.29, 0.717) is 6.54 Å². The van der Waals surface area contributed by atoms with Crippen LogP contribution in [0.15, 0.2) is 61.1 Å². The Bertz CT molecular complexity index is 1020. The lowest BCUT2D eigenvalue weighted by Crippen LogP contribution is -2.04. The van der Waals surface area contributed by atoms with Gasteiger partial charge in [0.15, 0.2) is 0 Å². The molecule has 0 aliphatic rings. The molecule has 0 atom stereocenters. The van der Waals surface area contributed by atoms with Crippen LogP contribution >= 0.6 is 0 Å². The second-order valence-corrected chi connectivity index (χ2v) is 6.01. The summed E-state index contributed by atoms with van der Waals surface area (Å²) in [7, 11) is 0. The lowest BCUT2D eigenvalue weighted by atomic mass is 9.96. The number of rotatable bonds is 3. The molecule has 0 spiro atoms. The predicted octanol–water partition coefficient (Wildman–Crippen LogP) is 4.16. The van der Waals surface area contributed by atoms with E-state index in [1.165, 1.54) is 21.9 Å². The lowest BCUT2D eigenvalue weighted by molar-refractivity contribution is 0.727. The quantitative estimate of drug-likeness (QED) is 0.570. The van der Waals surface area contributed by atoms with Gasteiger partial charge in [0.1, 0.15) is 5.82 Å². The molecule has 4 aromatic rings. The van der Waals surface area contributed by atoms with Gasteiger partial charge >= 0.3 is 0 Å². The molecule has 0 radical (unpaired) electrons. The van der Waals surface area contributed by atoms with Crippen LogP contribution in [0.2, 0.25) is 0 Å². The molecule has 118 valence electrons. The molecule has 0 aliphatic heterocycles. The van der Waals surface area contributed by atoms with Gasteiger partial charge in [-0.15, -0.1) is 0 Å². The number of imidazole rings is 1. The first-order valence-electron chi connectivity index (χ1n) is 8.00. The highest BCUT2D eigenvalue weighted by molar-refractivity contribution is 5.98. The first-order valence-corrected chi connectivity index (χ1v) is 8.00. The Morgan fingerprint density at radius 2 is 1.83 bits per heavy atom. The number of aromatic nitrogens is 4. The molecule has 4 rings (SSSR count). The van der Waals surface area contributed by atoms with Gasteiger partial charge in [0.25, 0.3) is 0 Å². The van der Waals surface area contributed by atoms with Gasteiger partial charge in [0.05, 0.1) is 18.4 Å². The first kappa shape index (κ1) is 14.6. The van der Waals surface area contributed by atoms with E-state index in [9.17, 15) is 0 Å². The Morgan fingerprint density at radius 1 is 1.00 bits per heavy atom. The zero-order chi connectivity index (χ0) is 16.5. The number of hydrogen-bond acceptors (Lipinski definition) is 3. The SMILES string of the molecule is Cc1ccc(-c2cnnc(Cn3ccnc3C)c2)c2ccccc12. The third-order valence-corrected chi connectivity index (χ3v) is 4.41. The van der Waals surface area contributed by atoms with Crippen LogP contribution in [0.3, 0.4) is 0 Å². The van der Waals surface area contributed by atoms with Crippen LogP contribution in [0.5, 0.6) is 0 Å². The van der Waals surface area contributed by atoms with Crippen molar-refractivity contribution in [1.29, 1.82) is 0 Å². The fourth-order valence-electron chi connectivity index (χ4n) is 3.08. The van der Waals surface area contributed by atoms with Crippen LogP contribution in [-0.2, 0) is 6.54 Å². The largest absolute Gasteiger partial charge is 0.329 e.